The number of hydrogen-bond acceptors (Lipinski definition) is 6. The Morgan fingerprint density at radius 3 is 2.86 bits per heavy atom. The SMILES string of the molecule is Cc1cc(C(=O)NCC(C2CCOC2)N2CCOCC2)on1. The maximum absolute atomic E-state index is 12.1. The van der Waals surface area contributed by atoms with E-state index in [1.54, 1.807) is 13.0 Å². The summed E-state index contributed by atoms with van der Waals surface area (Å²) in [5.74, 6) is 0.508. The largest absolute Gasteiger partial charge is 0.381 e. The van der Waals surface area contributed by atoms with Crippen molar-refractivity contribution in [1.29, 1.82) is 0 Å². The molecule has 0 bridgehead atoms. The van der Waals surface area contributed by atoms with E-state index < -0.39 is 0 Å². The van der Waals surface area contributed by atoms with Crippen molar-refractivity contribution in [3.8, 4) is 0 Å². The lowest BCUT2D eigenvalue weighted by molar-refractivity contribution is 0.00158. The highest BCUT2D eigenvalue weighted by atomic mass is 16.5. The van der Waals surface area contributed by atoms with E-state index in [0.29, 0.717) is 18.2 Å². The van der Waals surface area contributed by atoms with Gasteiger partial charge in [0.25, 0.3) is 5.91 Å². The van der Waals surface area contributed by atoms with E-state index in [1.807, 2.05) is 0 Å². The van der Waals surface area contributed by atoms with Crippen LogP contribution in [0.5, 0.6) is 0 Å². The Kier molecular flexibility index (Phi) is 5.07. The summed E-state index contributed by atoms with van der Waals surface area (Å²) < 4.78 is 16.0. The number of aryl methyl sites for hydroxylation is 1. The Balaban J connectivity index is 1.60. The number of carbonyl (C=O) groups is 1. The van der Waals surface area contributed by atoms with E-state index in [0.717, 1.165) is 45.9 Å². The lowest BCUT2D eigenvalue weighted by Gasteiger charge is -2.37. The maximum Gasteiger partial charge on any atom is 0.289 e. The minimum Gasteiger partial charge on any atom is -0.381 e. The van der Waals surface area contributed by atoms with Crippen LogP contribution in [0.2, 0.25) is 0 Å². The lowest BCUT2D eigenvalue weighted by atomic mass is 9.97. The van der Waals surface area contributed by atoms with Crippen LogP contribution in [0.15, 0.2) is 10.6 Å². The number of amides is 1. The second kappa shape index (κ2) is 7.21. The van der Waals surface area contributed by atoms with Crippen molar-refractivity contribution < 1.29 is 18.8 Å². The number of ether oxygens (including phenoxy) is 2. The molecule has 2 fully saturated rings. The summed E-state index contributed by atoms with van der Waals surface area (Å²) in [7, 11) is 0. The standard InChI is InChI=1S/C15H23N3O4/c1-11-8-14(22-17-11)15(19)16-9-13(12-2-5-21-10-12)18-3-6-20-7-4-18/h8,12-13H,2-7,9-10H2,1H3,(H,16,19). The molecule has 22 heavy (non-hydrogen) atoms. The number of aromatic nitrogens is 1. The molecule has 2 saturated heterocycles. The summed E-state index contributed by atoms with van der Waals surface area (Å²) in [6.45, 7) is 7.26. The first-order chi connectivity index (χ1) is 10.7. The first-order valence-corrected chi connectivity index (χ1v) is 7.85. The maximum atomic E-state index is 12.1. The minimum atomic E-state index is -0.210. The highest BCUT2D eigenvalue weighted by molar-refractivity contribution is 5.91. The average molecular weight is 309 g/mol. The summed E-state index contributed by atoms with van der Waals surface area (Å²) in [6.07, 6.45) is 1.04. The molecule has 2 unspecified atom stereocenters. The predicted molar refractivity (Wildman–Crippen MR) is 78.7 cm³/mol. The minimum absolute atomic E-state index is 0.210. The summed E-state index contributed by atoms with van der Waals surface area (Å²) in [4.78, 5) is 14.5. The number of nitrogens with one attached hydrogen (secondary N) is 1. The average Bonchev–Trinajstić information content (AvgIpc) is 3.20. The molecule has 0 aromatic carbocycles. The number of carbonyl (C=O) groups excluding carboxylic acids is 1. The Labute approximate surface area is 129 Å². The molecule has 0 aliphatic carbocycles. The molecule has 122 valence electrons. The van der Waals surface area contributed by atoms with E-state index in [2.05, 4.69) is 15.4 Å². The van der Waals surface area contributed by atoms with E-state index >= 15 is 0 Å². The number of nitrogens with zero attached hydrogens (tertiary/aromatic N) is 2. The van der Waals surface area contributed by atoms with Gasteiger partial charge in [0.2, 0.25) is 5.76 Å². The van der Waals surface area contributed by atoms with Gasteiger partial charge in [-0.15, -0.1) is 0 Å². The topological polar surface area (TPSA) is 76.8 Å². The van der Waals surface area contributed by atoms with Crippen molar-refractivity contribution in [2.75, 3.05) is 46.1 Å². The van der Waals surface area contributed by atoms with Crippen LogP contribution >= 0.6 is 0 Å². The summed E-state index contributed by atoms with van der Waals surface area (Å²) in [5.41, 5.74) is 0.707. The number of rotatable bonds is 5. The quantitative estimate of drug-likeness (QED) is 0.851. The molecule has 1 amide bonds. The molecule has 1 N–H and O–H groups in total. The first-order valence-electron chi connectivity index (χ1n) is 7.85. The smallest absolute Gasteiger partial charge is 0.289 e. The zero-order valence-electron chi connectivity index (χ0n) is 12.9. The molecule has 1 aromatic heterocycles. The van der Waals surface area contributed by atoms with Crippen molar-refractivity contribution in [1.82, 2.24) is 15.4 Å². The van der Waals surface area contributed by atoms with E-state index in [4.69, 9.17) is 14.0 Å². The van der Waals surface area contributed by atoms with Crippen molar-refractivity contribution in [2.24, 2.45) is 5.92 Å². The van der Waals surface area contributed by atoms with E-state index in [1.165, 1.54) is 0 Å². The summed E-state index contributed by atoms with van der Waals surface area (Å²) >= 11 is 0. The highest BCUT2D eigenvalue weighted by Crippen LogP contribution is 2.22. The third-order valence-corrected chi connectivity index (χ3v) is 4.35. The Morgan fingerprint density at radius 2 is 2.23 bits per heavy atom. The van der Waals surface area contributed by atoms with Crippen LogP contribution in [0.4, 0.5) is 0 Å². The monoisotopic (exact) mass is 309 g/mol. The molecular weight excluding hydrogens is 286 g/mol. The fraction of sp³-hybridized carbons (Fsp3) is 0.733. The van der Waals surface area contributed by atoms with Crippen LogP contribution in [0, 0.1) is 12.8 Å². The van der Waals surface area contributed by atoms with Gasteiger partial charge in [-0.2, -0.15) is 0 Å². The van der Waals surface area contributed by atoms with Crippen molar-refractivity contribution in [2.45, 2.75) is 19.4 Å². The van der Waals surface area contributed by atoms with Gasteiger partial charge in [0, 0.05) is 44.3 Å². The normalized spacial score (nSPS) is 24.3. The molecule has 0 saturated carbocycles. The fourth-order valence-corrected chi connectivity index (χ4v) is 3.11. The predicted octanol–water partition coefficient (Wildman–Crippen LogP) is 0.450. The Bertz CT molecular complexity index is 493. The van der Waals surface area contributed by atoms with Gasteiger partial charge in [-0.05, 0) is 13.3 Å². The molecule has 7 nitrogen and oxygen atoms in total. The van der Waals surface area contributed by atoms with Crippen LogP contribution < -0.4 is 5.32 Å². The van der Waals surface area contributed by atoms with E-state index in [9.17, 15) is 4.79 Å². The van der Waals surface area contributed by atoms with Crippen molar-refractivity contribution in [3.05, 3.63) is 17.5 Å². The van der Waals surface area contributed by atoms with E-state index in [-0.39, 0.29) is 17.7 Å². The van der Waals surface area contributed by atoms with Gasteiger partial charge in [0.1, 0.15) is 0 Å². The van der Waals surface area contributed by atoms with Gasteiger partial charge in [0.05, 0.1) is 25.5 Å². The van der Waals surface area contributed by atoms with Crippen LogP contribution in [-0.2, 0) is 9.47 Å². The third-order valence-electron chi connectivity index (χ3n) is 4.35. The third kappa shape index (κ3) is 3.66. The Morgan fingerprint density at radius 1 is 1.41 bits per heavy atom. The molecule has 0 radical (unpaired) electrons. The molecule has 2 aliphatic rings. The fourth-order valence-electron chi connectivity index (χ4n) is 3.11. The zero-order chi connectivity index (χ0) is 15.4. The number of morpholine rings is 1. The van der Waals surface area contributed by atoms with Crippen LogP contribution in [-0.4, -0.2) is 68.1 Å². The Hall–Kier alpha value is -1.44. The van der Waals surface area contributed by atoms with Gasteiger partial charge in [0.15, 0.2) is 0 Å². The molecule has 2 atom stereocenters. The van der Waals surface area contributed by atoms with Crippen LogP contribution in [0.1, 0.15) is 22.7 Å². The molecule has 0 spiro atoms. The molecular formula is C15H23N3O4. The zero-order valence-corrected chi connectivity index (χ0v) is 12.9. The van der Waals surface area contributed by atoms with Gasteiger partial charge < -0.3 is 19.3 Å². The molecule has 1 aromatic rings. The van der Waals surface area contributed by atoms with Crippen LogP contribution in [0.3, 0.4) is 0 Å². The molecule has 3 rings (SSSR count). The summed E-state index contributed by atoms with van der Waals surface area (Å²) in [6, 6.07) is 1.93. The second-order valence-electron chi connectivity index (χ2n) is 5.88. The van der Waals surface area contributed by atoms with Crippen molar-refractivity contribution >= 4 is 5.91 Å². The summed E-state index contributed by atoms with van der Waals surface area (Å²) in [5, 5.41) is 6.73. The first kappa shape index (κ1) is 15.5. The molecule has 7 heteroatoms. The van der Waals surface area contributed by atoms with Gasteiger partial charge in [-0.25, -0.2) is 0 Å². The second-order valence-corrected chi connectivity index (χ2v) is 5.88. The number of hydrogen-bond donors (Lipinski definition) is 1. The van der Waals surface area contributed by atoms with Gasteiger partial charge in [-0.1, -0.05) is 5.16 Å². The lowest BCUT2D eigenvalue weighted by Crippen LogP contribution is -2.52. The van der Waals surface area contributed by atoms with Gasteiger partial charge >= 0.3 is 0 Å². The van der Waals surface area contributed by atoms with Gasteiger partial charge in [-0.3, -0.25) is 9.69 Å². The molecule has 3 heterocycles. The van der Waals surface area contributed by atoms with Crippen molar-refractivity contribution in [3.63, 3.8) is 0 Å². The molecule has 2 aliphatic heterocycles. The highest BCUT2D eigenvalue weighted by Gasteiger charge is 2.32. The van der Waals surface area contributed by atoms with Crippen LogP contribution in [0.25, 0.3) is 0 Å².